The highest BCUT2D eigenvalue weighted by Crippen LogP contribution is 2.43. The monoisotopic (exact) mass is 604 g/mol. The maximum Gasteiger partial charge on any atom is 0.160 e. The van der Waals surface area contributed by atoms with Crippen LogP contribution in [0.25, 0.3) is 81.6 Å². The number of fused-ring (bicyclic) bond motifs is 7. The third kappa shape index (κ3) is 4.20. The minimum absolute atomic E-state index is 0.599. The van der Waals surface area contributed by atoms with Crippen molar-refractivity contribution in [3.8, 4) is 45.7 Å². The number of rotatable bonds is 4. The van der Waals surface area contributed by atoms with E-state index in [1.54, 1.807) is 0 Å². The van der Waals surface area contributed by atoms with Crippen molar-refractivity contribution < 1.29 is 0 Å². The van der Waals surface area contributed by atoms with E-state index < -0.39 is 0 Å². The van der Waals surface area contributed by atoms with Gasteiger partial charge in [0.25, 0.3) is 0 Å². The Hall–Kier alpha value is -6.09. The second kappa shape index (κ2) is 10.5. The van der Waals surface area contributed by atoms with Crippen molar-refractivity contribution in [2.75, 3.05) is 0 Å². The Bertz CT molecular complexity index is 2640. The molecule has 0 aliphatic heterocycles. The minimum atomic E-state index is 0.599. The van der Waals surface area contributed by atoms with E-state index in [0.717, 1.165) is 33.8 Å². The van der Waals surface area contributed by atoms with Crippen molar-refractivity contribution in [1.82, 2.24) is 14.5 Å². The number of nitriles is 1. The molecule has 0 spiro atoms. The highest BCUT2D eigenvalue weighted by atomic mass is 32.1. The number of nitrogens with zero attached hydrogens (tertiary/aromatic N) is 4. The number of hydrogen-bond acceptors (Lipinski definition) is 4. The standard InChI is InChI=1S/C41H24N4S/c42-25-26-9-8-12-29(23-26)36-24-35(27-10-2-1-3-11-27)43-41(44-36)28-17-19-30(20-18-28)45-37-15-6-4-13-31(37)33-21-22-34-32-14-5-7-16-38(32)46-40(34)39(33)45/h1-24H. The molecule has 0 amide bonds. The van der Waals surface area contributed by atoms with E-state index in [9.17, 15) is 5.26 Å². The molecule has 0 N–H and O–H groups in total. The summed E-state index contributed by atoms with van der Waals surface area (Å²) in [6, 6.07) is 52.4. The highest BCUT2D eigenvalue weighted by molar-refractivity contribution is 7.26. The molecule has 0 fully saturated rings. The van der Waals surface area contributed by atoms with Gasteiger partial charge < -0.3 is 4.57 Å². The van der Waals surface area contributed by atoms with Crippen molar-refractivity contribution in [2.24, 2.45) is 0 Å². The molecule has 0 aliphatic carbocycles. The molecule has 0 saturated carbocycles. The molecule has 0 atom stereocenters. The summed E-state index contributed by atoms with van der Waals surface area (Å²) in [5.41, 5.74) is 8.52. The Kier molecular flexibility index (Phi) is 6.02. The first-order valence-electron chi connectivity index (χ1n) is 15.1. The van der Waals surface area contributed by atoms with E-state index in [-0.39, 0.29) is 0 Å². The fourth-order valence-corrected chi connectivity index (χ4v) is 7.73. The van der Waals surface area contributed by atoms with Crippen molar-refractivity contribution in [3.05, 3.63) is 151 Å². The number of benzene rings is 6. The smallest absolute Gasteiger partial charge is 0.160 e. The van der Waals surface area contributed by atoms with Crippen LogP contribution in [-0.4, -0.2) is 14.5 Å². The van der Waals surface area contributed by atoms with E-state index >= 15 is 0 Å². The zero-order valence-electron chi connectivity index (χ0n) is 24.6. The molecule has 3 heterocycles. The molecule has 214 valence electrons. The third-order valence-electron chi connectivity index (χ3n) is 8.65. The zero-order chi connectivity index (χ0) is 30.6. The Labute approximate surface area is 269 Å². The van der Waals surface area contributed by atoms with Crippen molar-refractivity contribution in [2.45, 2.75) is 0 Å². The molecular formula is C41H24N4S. The molecule has 9 rings (SSSR count). The van der Waals surface area contributed by atoms with Crippen LogP contribution in [0.4, 0.5) is 0 Å². The molecule has 3 aromatic heterocycles. The van der Waals surface area contributed by atoms with E-state index in [2.05, 4.69) is 108 Å². The predicted molar refractivity (Wildman–Crippen MR) is 190 cm³/mol. The van der Waals surface area contributed by atoms with Crippen molar-refractivity contribution >= 4 is 53.3 Å². The number of thiophene rings is 1. The summed E-state index contributed by atoms with van der Waals surface area (Å²) in [6.45, 7) is 0. The molecule has 0 unspecified atom stereocenters. The lowest BCUT2D eigenvalue weighted by atomic mass is 10.0. The summed E-state index contributed by atoms with van der Waals surface area (Å²) >= 11 is 1.86. The Morgan fingerprint density at radius 1 is 0.543 bits per heavy atom. The predicted octanol–water partition coefficient (Wildman–Crippen LogP) is 10.8. The SMILES string of the molecule is N#Cc1cccc(-c2cc(-c3ccccc3)nc(-c3ccc(-n4c5ccccc5c5ccc6c7ccccc7sc6c54)cc3)n2)c1. The summed E-state index contributed by atoms with van der Waals surface area (Å²) < 4.78 is 4.98. The van der Waals surface area contributed by atoms with Gasteiger partial charge in [0.15, 0.2) is 5.82 Å². The van der Waals surface area contributed by atoms with Crippen LogP contribution in [0, 0.1) is 11.3 Å². The van der Waals surface area contributed by atoms with Crippen molar-refractivity contribution in [3.63, 3.8) is 0 Å². The van der Waals surface area contributed by atoms with Crippen LogP contribution in [0.2, 0.25) is 0 Å². The Morgan fingerprint density at radius 2 is 1.24 bits per heavy atom. The van der Waals surface area contributed by atoms with E-state index in [0.29, 0.717) is 11.4 Å². The normalized spacial score (nSPS) is 11.5. The quantitative estimate of drug-likeness (QED) is 0.201. The fraction of sp³-hybridized carbons (Fsp3) is 0. The molecule has 9 aromatic rings. The van der Waals surface area contributed by atoms with Crippen LogP contribution in [0.3, 0.4) is 0 Å². The van der Waals surface area contributed by atoms with Gasteiger partial charge in [-0.2, -0.15) is 5.26 Å². The zero-order valence-corrected chi connectivity index (χ0v) is 25.4. The molecular weight excluding hydrogens is 581 g/mol. The first-order valence-corrected chi connectivity index (χ1v) is 16.0. The van der Waals surface area contributed by atoms with E-state index in [1.807, 2.05) is 59.9 Å². The average molecular weight is 605 g/mol. The lowest BCUT2D eigenvalue weighted by molar-refractivity contribution is 1.17. The number of hydrogen-bond donors (Lipinski definition) is 0. The summed E-state index contributed by atoms with van der Waals surface area (Å²) in [6.07, 6.45) is 0. The molecule has 0 saturated heterocycles. The van der Waals surface area contributed by atoms with Gasteiger partial charge in [-0.1, -0.05) is 91.0 Å². The number of aromatic nitrogens is 3. The third-order valence-corrected chi connectivity index (χ3v) is 9.84. The van der Waals surface area contributed by atoms with Gasteiger partial charge in [-0.15, -0.1) is 11.3 Å². The Balaban J connectivity index is 1.23. The van der Waals surface area contributed by atoms with Gasteiger partial charge in [0.1, 0.15) is 0 Å². The second-order valence-electron chi connectivity index (χ2n) is 11.4. The van der Waals surface area contributed by atoms with Gasteiger partial charge >= 0.3 is 0 Å². The molecule has 46 heavy (non-hydrogen) atoms. The molecule has 0 bridgehead atoms. The van der Waals surface area contributed by atoms with E-state index in [4.69, 9.17) is 9.97 Å². The summed E-state index contributed by atoms with van der Waals surface area (Å²) in [4.78, 5) is 10.0. The van der Waals surface area contributed by atoms with Crippen LogP contribution in [0.15, 0.2) is 146 Å². The van der Waals surface area contributed by atoms with Crippen LogP contribution in [0.1, 0.15) is 5.56 Å². The molecule has 5 heteroatoms. The van der Waals surface area contributed by atoms with E-state index in [1.165, 1.54) is 42.0 Å². The Morgan fingerprint density at radius 3 is 2.07 bits per heavy atom. The lowest BCUT2D eigenvalue weighted by Gasteiger charge is -2.12. The maximum absolute atomic E-state index is 9.52. The fourth-order valence-electron chi connectivity index (χ4n) is 6.49. The summed E-state index contributed by atoms with van der Waals surface area (Å²) in [5.74, 6) is 0.638. The van der Waals surface area contributed by atoms with Gasteiger partial charge in [-0.25, -0.2) is 9.97 Å². The van der Waals surface area contributed by atoms with Gasteiger partial charge in [-0.3, -0.25) is 0 Å². The van der Waals surface area contributed by atoms with Crippen molar-refractivity contribution in [1.29, 1.82) is 5.26 Å². The summed E-state index contributed by atoms with van der Waals surface area (Å²) in [7, 11) is 0. The molecule has 0 radical (unpaired) electrons. The minimum Gasteiger partial charge on any atom is -0.308 e. The van der Waals surface area contributed by atoms with Crippen LogP contribution >= 0.6 is 11.3 Å². The summed E-state index contributed by atoms with van der Waals surface area (Å²) in [5, 5.41) is 14.6. The van der Waals surface area contributed by atoms with Crippen LogP contribution in [-0.2, 0) is 0 Å². The molecule has 6 aromatic carbocycles. The highest BCUT2D eigenvalue weighted by Gasteiger charge is 2.18. The molecule has 0 aliphatic rings. The second-order valence-corrected chi connectivity index (χ2v) is 12.4. The topological polar surface area (TPSA) is 54.5 Å². The van der Waals surface area contributed by atoms with Crippen LogP contribution in [0.5, 0.6) is 0 Å². The van der Waals surface area contributed by atoms with Crippen LogP contribution < -0.4 is 0 Å². The number of para-hydroxylation sites is 1. The van der Waals surface area contributed by atoms with Gasteiger partial charge in [0, 0.05) is 48.6 Å². The first kappa shape index (κ1) is 26.3. The van der Waals surface area contributed by atoms with Gasteiger partial charge in [-0.05, 0) is 54.6 Å². The largest absolute Gasteiger partial charge is 0.308 e. The lowest BCUT2D eigenvalue weighted by Crippen LogP contribution is -1.97. The van der Waals surface area contributed by atoms with Gasteiger partial charge in [0.05, 0.1) is 38.8 Å². The average Bonchev–Trinajstić information content (AvgIpc) is 3.68. The maximum atomic E-state index is 9.52. The van der Waals surface area contributed by atoms with Gasteiger partial charge in [0.2, 0.25) is 0 Å². The molecule has 4 nitrogen and oxygen atoms in total. The first-order chi connectivity index (χ1) is 22.7.